The molecule has 2 N–H and O–H groups in total. The van der Waals surface area contributed by atoms with Crippen molar-refractivity contribution in [2.45, 2.75) is 19.3 Å². The Morgan fingerprint density at radius 3 is 2.13 bits per heavy atom. The molecule has 0 spiro atoms. The molecule has 156 valence electrons. The monoisotopic (exact) mass is 407 g/mol. The minimum absolute atomic E-state index is 0.0251. The Balaban J connectivity index is 1.52. The van der Waals surface area contributed by atoms with Crippen LogP contribution in [0.25, 0.3) is 0 Å². The number of likely N-dealkylation sites (N-methyl/N-ethyl adjacent to an activating group) is 1. The molecular weight excluding hydrogens is 382 g/mol. The molecule has 1 unspecified atom stereocenters. The van der Waals surface area contributed by atoms with Crippen molar-refractivity contribution in [2.24, 2.45) is 0 Å². The van der Waals surface area contributed by atoms with Gasteiger partial charge in [0.2, 0.25) is 0 Å². The van der Waals surface area contributed by atoms with Gasteiger partial charge in [0, 0.05) is 7.05 Å². The van der Waals surface area contributed by atoms with Gasteiger partial charge in [0.25, 0.3) is 0 Å². The van der Waals surface area contributed by atoms with E-state index in [1.807, 2.05) is 60.7 Å². The Bertz CT molecular complexity index is 946. The molecule has 1 amide bonds. The fourth-order valence-corrected chi connectivity index (χ4v) is 2.87. The molecule has 0 aliphatic carbocycles. The lowest BCUT2D eigenvalue weighted by atomic mass is 10.1. The summed E-state index contributed by atoms with van der Waals surface area (Å²) in [4.78, 5) is 13.4. The molecule has 3 rings (SSSR count). The van der Waals surface area contributed by atoms with Crippen molar-refractivity contribution in [3.63, 3.8) is 0 Å². The molecule has 0 aliphatic rings. The van der Waals surface area contributed by atoms with Crippen molar-refractivity contribution >= 4 is 6.09 Å². The second kappa shape index (κ2) is 10.3. The van der Waals surface area contributed by atoms with Crippen LogP contribution in [0.5, 0.6) is 11.5 Å². The number of hydrogen-bond acceptors (Lipinski definition) is 5. The van der Waals surface area contributed by atoms with Crippen LogP contribution in [-0.2, 0) is 18.0 Å². The zero-order valence-corrected chi connectivity index (χ0v) is 16.8. The summed E-state index contributed by atoms with van der Waals surface area (Å²) < 4.78 is 10.9. The lowest BCUT2D eigenvalue weighted by molar-refractivity contribution is 0.0786. The van der Waals surface area contributed by atoms with E-state index in [9.17, 15) is 15.0 Å². The Morgan fingerprint density at radius 2 is 1.53 bits per heavy atom. The number of aliphatic hydroxyl groups excluding tert-OH is 1. The van der Waals surface area contributed by atoms with Gasteiger partial charge in [-0.05, 0) is 28.8 Å². The Morgan fingerprint density at radius 1 is 0.933 bits per heavy atom. The Kier molecular flexibility index (Phi) is 7.29. The van der Waals surface area contributed by atoms with Crippen LogP contribution in [0.3, 0.4) is 0 Å². The predicted octanol–water partition coefficient (Wildman–Crippen LogP) is 4.27. The van der Waals surface area contributed by atoms with Gasteiger partial charge in [-0.3, -0.25) is 0 Å². The van der Waals surface area contributed by atoms with Gasteiger partial charge in [-0.15, -0.1) is 0 Å². The van der Waals surface area contributed by atoms with Crippen molar-refractivity contribution in [1.29, 1.82) is 0 Å². The number of ether oxygens (including phenoxy) is 2. The first-order valence-corrected chi connectivity index (χ1v) is 9.62. The normalized spacial score (nSPS) is 11.5. The maximum Gasteiger partial charge on any atom is 0.409 e. The number of nitrogens with zero attached hydrogens (tertiary/aromatic N) is 1. The number of rotatable bonds is 8. The molecule has 0 fully saturated rings. The van der Waals surface area contributed by atoms with E-state index in [2.05, 4.69) is 0 Å². The van der Waals surface area contributed by atoms with Crippen LogP contribution in [0.1, 0.15) is 22.8 Å². The molecular formula is C24H25NO5. The number of hydrogen-bond donors (Lipinski definition) is 2. The average molecular weight is 407 g/mol. The molecule has 0 saturated carbocycles. The molecule has 0 aliphatic heterocycles. The minimum Gasteiger partial charge on any atom is -0.504 e. The summed E-state index contributed by atoms with van der Waals surface area (Å²) in [5, 5.41) is 20.7. The third-order valence-electron chi connectivity index (χ3n) is 4.57. The van der Waals surface area contributed by atoms with E-state index in [-0.39, 0.29) is 18.9 Å². The summed E-state index contributed by atoms with van der Waals surface area (Å²) in [6.07, 6.45) is -1.52. The summed E-state index contributed by atoms with van der Waals surface area (Å²) in [6.45, 7) is 0.512. The molecule has 0 bridgehead atoms. The summed E-state index contributed by atoms with van der Waals surface area (Å²) in [6, 6.07) is 23.7. The molecule has 3 aromatic rings. The summed E-state index contributed by atoms with van der Waals surface area (Å²) >= 11 is 0. The first kappa shape index (κ1) is 21.2. The average Bonchev–Trinajstić information content (AvgIpc) is 2.77. The van der Waals surface area contributed by atoms with Gasteiger partial charge in [0.15, 0.2) is 11.5 Å². The number of phenols is 1. The number of carbonyl (C=O) groups is 1. The van der Waals surface area contributed by atoms with Crippen molar-refractivity contribution in [1.82, 2.24) is 4.90 Å². The Labute approximate surface area is 175 Å². The van der Waals surface area contributed by atoms with Crippen molar-refractivity contribution < 1.29 is 24.5 Å². The van der Waals surface area contributed by atoms with Gasteiger partial charge in [0.1, 0.15) is 13.2 Å². The van der Waals surface area contributed by atoms with Gasteiger partial charge in [0.05, 0.1) is 12.6 Å². The topological polar surface area (TPSA) is 79.2 Å². The number of amides is 1. The van der Waals surface area contributed by atoms with Crippen LogP contribution >= 0.6 is 0 Å². The number of carbonyl (C=O) groups excluding carboxylic acids is 1. The first-order chi connectivity index (χ1) is 14.5. The van der Waals surface area contributed by atoms with Crippen LogP contribution in [-0.4, -0.2) is 34.8 Å². The van der Waals surface area contributed by atoms with Gasteiger partial charge in [-0.2, -0.15) is 0 Å². The standard InChI is InChI=1S/C24H25NO5/c1-25(24(28)30-17-19-10-6-3-7-11-19)15-22(27)20-12-13-23(21(26)14-20)29-16-18-8-4-2-5-9-18/h2-14,22,26-27H,15-17H2,1H3. The summed E-state index contributed by atoms with van der Waals surface area (Å²) in [5.41, 5.74) is 2.34. The van der Waals surface area contributed by atoms with Crippen molar-refractivity contribution in [3.8, 4) is 11.5 Å². The molecule has 3 aromatic carbocycles. The minimum atomic E-state index is -0.978. The quantitative estimate of drug-likeness (QED) is 0.583. The van der Waals surface area contributed by atoms with Gasteiger partial charge >= 0.3 is 6.09 Å². The highest BCUT2D eigenvalue weighted by Gasteiger charge is 2.18. The van der Waals surface area contributed by atoms with Crippen LogP contribution in [0.4, 0.5) is 4.79 Å². The van der Waals surface area contributed by atoms with E-state index in [0.717, 1.165) is 11.1 Å². The lowest BCUT2D eigenvalue weighted by Gasteiger charge is -2.21. The molecule has 0 aromatic heterocycles. The van der Waals surface area contributed by atoms with E-state index in [1.54, 1.807) is 19.2 Å². The largest absolute Gasteiger partial charge is 0.504 e. The maximum absolute atomic E-state index is 12.1. The van der Waals surface area contributed by atoms with Gasteiger partial charge in [-0.1, -0.05) is 66.7 Å². The second-order valence-electron chi connectivity index (χ2n) is 6.94. The first-order valence-electron chi connectivity index (χ1n) is 9.62. The summed E-state index contributed by atoms with van der Waals surface area (Å²) in [7, 11) is 1.55. The highest BCUT2D eigenvalue weighted by atomic mass is 16.6. The Hall–Kier alpha value is -3.51. The van der Waals surface area contributed by atoms with Crippen LogP contribution in [0, 0.1) is 0 Å². The molecule has 30 heavy (non-hydrogen) atoms. The number of benzene rings is 3. The van der Waals surface area contributed by atoms with Gasteiger partial charge < -0.3 is 24.6 Å². The van der Waals surface area contributed by atoms with E-state index < -0.39 is 12.2 Å². The zero-order valence-electron chi connectivity index (χ0n) is 16.8. The van der Waals surface area contributed by atoms with E-state index >= 15 is 0 Å². The SMILES string of the molecule is CN(CC(O)c1ccc(OCc2ccccc2)c(O)c1)C(=O)OCc1ccccc1. The fourth-order valence-electron chi connectivity index (χ4n) is 2.87. The van der Waals surface area contributed by atoms with Crippen LogP contribution in [0.15, 0.2) is 78.9 Å². The lowest BCUT2D eigenvalue weighted by Crippen LogP contribution is -2.31. The van der Waals surface area contributed by atoms with Crippen LogP contribution < -0.4 is 4.74 Å². The third kappa shape index (κ3) is 5.99. The molecule has 6 nitrogen and oxygen atoms in total. The smallest absolute Gasteiger partial charge is 0.409 e. The predicted molar refractivity (Wildman–Crippen MR) is 113 cm³/mol. The highest BCUT2D eigenvalue weighted by molar-refractivity contribution is 5.67. The third-order valence-corrected chi connectivity index (χ3v) is 4.57. The fraction of sp³-hybridized carbons (Fsp3) is 0.208. The van der Waals surface area contributed by atoms with E-state index in [4.69, 9.17) is 9.47 Å². The number of aliphatic hydroxyl groups is 1. The van der Waals surface area contributed by atoms with Crippen LogP contribution in [0.2, 0.25) is 0 Å². The highest BCUT2D eigenvalue weighted by Crippen LogP contribution is 2.30. The van der Waals surface area contributed by atoms with E-state index in [0.29, 0.717) is 17.9 Å². The summed E-state index contributed by atoms with van der Waals surface area (Å²) in [5.74, 6) is 0.252. The molecule has 0 radical (unpaired) electrons. The maximum atomic E-state index is 12.1. The molecule has 0 saturated heterocycles. The van der Waals surface area contributed by atoms with Crippen molar-refractivity contribution in [2.75, 3.05) is 13.6 Å². The second-order valence-corrected chi connectivity index (χ2v) is 6.94. The molecule has 0 heterocycles. The van der Waals surface area contributed by atoms with Crippen molar-refractivity contribution in [3.05, 3.63) is 95.6 Å². The molecule has 1 atom stereocenters. The van der Waals surface area contributed by atoms with Gasteiger partial charge in [-0.25, -0.2) is 4.79 Å². The zero-order chi connectivity index (χ0) is 21.3. The molecule has 6 heteroatoms. The number of aromatic hydroxyl groups is 1. The van der Waals surface area contributed by atoms with E-state index in [1.165, 1.54) is 11.0 Å². The number of phenolic OH excluding ortho intramolecular Hbond substituents is 1.